The largest absolute Gasteiger partial charge is 0.381 e. The van der Waals surface area contributed by atoms with Gasteiger partial charge in [0, 0.05) is 30.3 Å². The number of ether oxygens (including phenoxy) is 1. The van der Waals surface area contributed by atoms with E-state index in [9.17, 15) is 5.26 Å². The van der Waals surface area contributed by atoms with Gasteiger partial charge < -0.3 is 9.30 Å². The number of halogens is 1. The van der Waals surface area contributed by atoms with Crippen molar-refractivity contribution in [2.75, 3.05) is 13.2 Å². The molecule has 4 heteroatoms. The second-order valence-corrected chi connectivity index (χ2v) is 5.33. The molecular formula is C15H15ClN2O. The Bertz CT molecular complexity index is 663. The highest BCUT2D eigenvalue weighted by Crippen LogP contribution is 2.36. The van der Waals surface area contributed by atoms with Crippen LogP contribution < -0.4 is 0 Å². The topological polar surface area (TPSA) is 38.0 Å². The molecule has 0 unspecified atom stereocenters. The Morgan fingerprint density at radius 1 is 1.37 bits per heavy atom. The fourth-order valence-corrected chi connectivity index (χ4v) is 3.26. The van der Waals surface area contributed by atoms with E-state index >= 15 is 0 Å². The zero-order valence-electron chi connectivity index (χ0n) is 10.8. The van der Waals surface area contributed by atoms with Crippen molar-refractivity contribution >= 4 is 22.5 Å². The minimum atomic E-state index is 0.400. The SMILES string of the molecule is Cc1c(C#N)c2c(Cl)cccc2n1C1CCOCC1. The summed E-state index contributed by atoms with van der Waals surface area (Å²) < 4.78 is 7.69. The van der Waals surface area contributed by atoms with Gasteiger partial charge in [0.1, 0.15) is 6.07 Å². The van der Waals surface area contributed by atoms with Crippen LogP contribution >= 0.6 is 11.6 Å². The molecule has 1 aromatic heterocycles. The Kier molecular flexibility index (Phi) is 3.22. The summed E-state index contributed by atoms with van der Waals surface area (Å²) in [5.74, 6) is 0. The van der Waals surface area contributed by atoms with E-state index in [0.29, 0.717) is 16.6 Å². The molecule has 19 heavy (non-hydrogen) atoms. The molecule has 0 N–H and O–H groups in total. The van der Waals surface area contributed by atoms with Gasteiger partial charge in [-0.1, -0.05) is 17.7 Å². The Morgan fingerprint density at radius 3 is 2.79 bits per heavy atom. The zero-order chi connectivity index (χ0) is 13.4. The van der Waals surface area contributed by atoms with Gasteiger partial charge in [0.15, 0.2) is 0 Å². The molecule has 1 aliphatic rings. The summed E-state index contributed by atoms with van der Waals surface area (Å²) in [5.41, 5.74) is 2.78. The minimum absolute atomic E-state index is 0.400. The molecule has 0 atom stereocenters. The second-order valence-electron chi connectivity index (χ2n) is 4.92. The molecule has 1 aromatic carbocycles. The summed E-state index contributed by atoms with van der Waals surface area (Å²) in [7, 11) is 0. The molecule has 1 fully saturated rings. The van der Waals surface area contributed by atoms with Gasteiger partial charge in [-0.3, -0.25) is 0 Å². The summed E-state index contributed by atoms with van der Waals surface area (Å²) >= 11 is 6.28. The number of nitrogens with zero attached hydrogens (tertiary/aromatic N) is 2. The van der Waals surface area contributed by atoms with Crippen molar-refractivity contribution in [3.8, 4) is 6.07 Å². The van der Waals surface area contributed by atoms with E-state index in [1.165, 1.54) is 0 Å². The molecule has 0 amide bonds. The molecule has 0 aliphatic carbocycles. The third-order valence-corrected chi connectivity index (χ3v) is 4.21. The van der Waals surface area contributed by atoms with Crippen molar-refractivity contribution in [2.45, 2.75) is 25.8 Å². The van der Waals surface area contributed by atoms with Crippen molar-refractivity contribution in [3.63, 3.8) is 0 Å². The van der Waals surface area contributed by atoms with E-state index in [4.69, 9.17) is 16.3 Å². The van der Waals surface area contributed by atoms with Gasteiger partial charge in [0.05, 0.1) is 16.1 Å². The quantitative estimate of drug-likeness (QED) is 0.793. The first kappa shape index (κ1) is 12.5. The van der Waals surface area contributed by atoms with Crippen LogP contribution in [-0.4, -0.2) is 17.8 Å². The van der Waals surface area contributed by atoms with Gasteiger partial charge in [-0.25, -0.2) is 0 Å². The molecule has 0 spiro atoms. The van der Waals surface area contributed by atoms with Crippen molar-refractivity contribution in [1.29, 1.82) is 5.26 Å². The summed E-state index contributed by atoms with van der Waals surface area (Å²) in [5, 5.41) is 10.9. The number of hydrogen-bond acceptors (Lipinski definition) is 2. The number of fused-ring (bicyclic) bond motifs is 1. The van der Waals surface area contributed by atoms with E-state index in [0.717, 1.165) is 42.7 Å². The van der Waals surface area contributed by atoms with Gasteiger partial charge in [-0.05, 0) is 31.9 Å². The maximum atomic E-state index is 9.41. The van der Waals surface area contributed by atoms with E-state index in [1.54, 1.807) is 0 Å². The summed E-state index contributed by atoms with van der Waals surface area (Å²) in [4.78, 5) is 0. The van der Waals surface area contributed by atoms with Crippen LogP contribution in [0.25, 0.3) is 10.9 Å². The molecule has 1 aliphatic heterocycles. The third-order valence-electron chi connectivity index (χ3n) is 3.89. The van der Waals surface area contributed by atoms with Crippen molar-refractivity contribution in [2.24, 2.45) is 0 Å². The first-order chi connectivity index (χ1) is 9.24. The Balaban J connectivity index is 2.27. The Labute approximate surface area is 117 Å². The highest BCUT2D eigenvalue weighted by molar-refractivity contribution is 6.36. The van der Waals surface area contributed by atoms with Crippen LogP contribution in [0.15, 0.2) is 18.2 Å². The van der Waals surface area contributed by atoms with Crippen LogP contribution in [0.2, 0.25) is 5.02 Å². The van der Waals surface area contributed by atoms with E-state index in [1.807, 2.05) is 25.1 Å². The average molecular weight is 275 g/mol. The summed E-state index contributed by atoms with van der Waals surface area (Å²) in [6.07, 6.45) is 1.98. The maximum absolute atomic E-state index is 9.41. The Hall–Kier alpha value is -1.50. The molecule has 0 bridgehead atoms. The van der Waals surface area contributed by atoms with Crippen LogP contribution in [0, 0.1) is 18.3 Å². The lowest BCUT2D eigenvalue weighted by molar-refractivity contribution is 0.0703. The highest BCUT2D eigenvalue weighted by atomic mass is 35.5. The smallest absolute Gasteiger partial charge is 0.102 e. The van der Waals surface area contributed by atoms with Crippen LogP contribution in [0.1, 0.15) is 30.1 Å². The van der Waals surface area contributed by atoms with Gasteiger partial charge in [-0.2, -0.15) is 5.26 Å². The van der Waals surface area contributed by atoms with Gasteiger partial charge in [0.2, 0.25) is 0 Å². The fraction of sp³-hybridized carbons (Fsp3) is 0.400. The van der Waals surface area contributed by atoms with Gasteiger partial charge in [-0.15, -0.1) is 0 Å². The molecule has 3 rings (SSSR count). The molecular weight excluding hydrogens is 260 g/mol. The zero-order valence-corrected chi connectivity index (χ0v) is 11.6. The lowest BCUT2D eigenvalue weighted by atomic mass is 10.1. The molecule has 2 aromatic rings. The van der Waals surface area contributed by atoms with Gasteiger partial charge >= 0.3 is 0 Å². The minimum Gasteiger partial charge on any atom is -0.381 e. The van der Waals surface area contributed by atoms with Crippen molar-refractivity contribution in [3.05, 3.63) is 34.5 Å². The normalized spacial score (nSPS) is 16.7. The van der Waals surface area contributed by atoms with Crippen LogP contribution in [-0.2, 0) is 4.74 Å². The standard InChI is InChI=1S/C15H15ClN2O/c1-10-12(9-17)15-13(16)3-2-4-14(15)18(10)11-5-7-19-8-6-11/h2-4,11H,5-8H2,1H3. The predicted molar refractivity (Wildman–Crippen MR) is 75.5 cm³/mol. The number of rotatable bonds is 1. The average Bonchev–Trinajstić information content (AvgIpc) is 2.73. The first-order valence-electron chi connectivity index (χ1n) is 6.51. The van der Waals surface area contributed by atoms with Gasteiger partial charge in [0.25, 0.3) is 0 Å². The fourth-order valence-electron chi connectivity index (χ4n) is 2.99. The number of aromatic nitrogens is 1. The molecule has 0 saturated carbocycles. The monoisotopic (exact) mass is 274 g/mol. The second kappa shape index (κ2) is 4.88. The van der Waals surface area contributed by atoms with Crippen LogP contribution in [0.5, 0.6) is 0 Å². The number of nitriles is 1. The molecule has 98 valence electrons. The Morgan fingerprint density at radius 2 is 2.11 bits per heavy atom. The lowest BCUT2D eigenvalue weighted by Crippen LogP contribution is -2.20. The number of benzene rings is 1. The summed E-state index contributed by atoms with van der Waals surface area (Å²) in [6, 6.07) is 8.54. The van der Waals surface area contributed by atoms with Crippen LogP contribution in [0.3, 0.4) is 0 Å². The molecule has 3 nitrogen and oxygen atoms in total. The lowest BCUT2D eigenvalue weighted by Gasteiger charge is -2.26. The molecule has 0 radical (unpaired) electrons. The van der Waals surface area contributed by atoms with Crippen LogP contribution in [0.4, 0.5) is 0 Å². The van der Waals surface area contributed by atoms with E-state index < -0.39 is 0 Å². The molecule has 2 heterocycles. The van der Waals surface area contributed by atoms with E-state index in [-0.39, 0.29) is 0 Å². The predicted octanol–water partition coefficient (Wildman–Crippen LogP) is 3.83. The maximum Gasteiger partial charge on any atom is 0.102 e. The van der Waals surface area contributed by atoms with Crippen molar-refractivity contribution < 1.29 is 4.74 Å². The number of hydrogen-bond donors (Lipinski definition) is 0. The van der Waals surface area contributed by atoms with Crippen molar-refractivity contribution in [1.82, 2.24) is 4.57 Å². The molecule has 1 saturated heterocycles. The van der Waals surface area contributed by atoms with E-state index in [2.05, 4.69) is 10.6 Å². The summed E-state index contributed by atoms with van der Waals surface area (Å²) in [6.45, 7) is 3.57. The highest BCUT2D eigenvalue weighted by Gasteiger charge is 2.23. The first-order valence-corrected chi connectivity index (χ1v) is 6.88. The third kappa shape index (κ3) is 1.92.